The Morgan fingerprint density at radius 1 is 1.11 bits per heavy atom. The lowest BCUT2D eigenvalue weighted by Crippen LogP contribution is -2.28. The Bertz CT molecular complexity index is 1010. The van der Waals surface area contributed by atoms with Crippen molar-refractivity contribution in [3.63, 3.8) is 0 Å². The van der Waals surface area contributed by atoms with Crippen LogP contribution in [0.2, 0.25) is 0 Å². The van der Waals surface area contributed by atoms with Crippen molar-refractivity contribution in [1.29, 1.82) is 0 Å². The van der Waals surface area contributed by atoms with E-state index in [4.69, 9.17) is 0 Å². The van der Waals surface area contributed by atoms with E-state index in [0.717, 1.165) is 11.1 Å². The molecule has 5 heteroatoms. The third kappa shape index (κ3) is 4.08. The number of halogens is 1. The van der Waals surface area contributed by atoms with Gasteiger partial charge in [0, 0.05) is 13.0 Å². The summed E-state index contributed by atoms with van der Waals surface area (Å²) in [6, 6.07) is 13.5. The summed E-state index contributed by atoms with van der Waals surface area (Å²) in [5.74, 6) is -0.205. The minimum absolute atomic E-state index is 0.112. The fourth-order valence-electron chi connectivity index (χ4n) is 3.09. The molecule has 0 aliphatic heterocycles. The zero-order valence-corrected chi connectivity index (χ0v) is 15.7. The summed E-state index contributed by atoms with van der Waals surface area (Å²) in [7, 11) is 0. The third-order valence-electron chi connectivity index (χ3n) is 4.44. The average Bonchev–Trinajstić information content (AvgIpc) is 2.62. The van der Waals surface area contributed by atoms with E-state index in [1.807, 2.05) is 45.0 Å². The number of aryl methyl sites for hydroxylation is 1. The highest BCUT2D eigenvalue weighted by molar-refractivity contribution is 5.72. The molecule has 27 heavy (non-hydrogen) atoms. The van der Waals surface area contributed by atoms with Gasteiger partial charge in [-0.25, -0.2) is 9.07 Å². The maximum atomic E-state index is 13.2. The Hall–Kier alpha value is -2.95. The van der Waals surface area contributed by atoms with Gasteiger partial charge in [0.1, 0.15) is 11.5 Å². The second kappa shape index (κ2) is 7.74. The number of hydrogen-bond acceptors (Lipinski definition) is 3. The summed E-state index contributed by atoms with van der Waals surface area (Å²) in [4.78, 5) is 13.0. The van der Waals surface area contributed by atoms with Gasteiger partial charge in [-0.3, -0.25) is 4.79 Å². The van der Waals surface area contributed by atoms with Gasteiger partial charge < -0.3 is 5.11 Å². The molecule has 3 aromatic rings. The molecule has 1 aromatic heterocycles. The molecule has 140 valence electrons. The molecule has 0 amide bonds. The van der Waals surface area contributed by atoms with Crippen molar-refractivity contribution in [3.8, 4) is 16.9 Å². The largest absolute Gasteiger partial charge is 0.505 e. The van der Waals surface area contributed by atoms with Crippen LogP contribution in [0.1, 0.15) is 30.7 Å². The Morgan fingerprint density at radius 3 is 2.41 bits per heavy atom. The number of rotatable bonds is 5. The maximum absolute atomic E-state index is 13.2. The first-order chi connectivity index (χ1) is 12.9. The van der Waals surface area contributed by atoms with E-state index < -0.39 is 0 Å². The predicted octanol–water partition coefficient (Wildman–Crippen LogP) is 4.31. The average molecular weight is 366 g/mol. The number of hydrogen-bond donors (Lipinski definition) is 1. The molecule has 4 nitrogen and oxygen atoms in total. The van der Waals surface area contributed by atoms with Gasteiger partial charge in [0.2, 0.25) is 0 Å². The minimum Gasteiger partial charge on any atom is -0.505 e. The molecule has 2 aromatic carbocycles. The zero-order chi connectivity index (χ0) is 19.6. The molecule has 3 rings (SSSR count). The fraction of sp³-hybridized carbons (Fsp3) is 0.273. The molecule has 0 bridgehead atoms. The topological polar surface area (TPSA) is 55.1 Å². The predicted molar refractivity (Wildman–Crippen MR) is 104 cm³/mol. The van der Waals surface area contributed by atoms with Crippen LogP contribution in [-0.2, 0) is 13.0 Å². The SMILES string of the molecule is Cc1ccccc1-c1c(O)c(Cc2ccc(F)cc2)nn(CC(C)C)c1=O. The van der Waals surface area contributed by atoms with Crippen LogP contribution in [0.5, 0.6) is 5.75 Å². The molecule has 0 atom stereocenters. The molecule has 0 saturated heterocycles. The van der Waals surface area contributed by atoms with Gasteiger partial charge in [0.05, 0.1) is 5.56 Å². The highest BCUT2D eigenvalue weighted by Crippen LogP contribution is 2.31. The summed E-state index contributed by atoms with van der Waals surface area (Å²) in [5, 5.41) is 15.3. The van der Waals surface area contributed by atoms with E-state index in [9.17, 15) is 14.3 Å². The van der Waals surface area contributed by atoms with Crippen LogP contribution in [0.4, 0.5) is 4.39 Å². The summed E-state index contributed by atoms with van der Waals surface area (Å²) >= 11 is 0. The van der Waals surface area contributed by atoms with Crippen LogP contribution in [0.15, 0.2) is 53.3 Å². The summed E-state index contributed by atoms with van der Waals surface area (Å²) in [6.45, 7) is 6.37. The first-order valence-corrected chi connectivity index (χ1v) is 9.00. The highest BCUT2D eigenvalue weighted by atomic mass is 19.1. The molecule has 1 N–H and O–H groups in total. The Labute approximate surface area is 157 Å². The maximum Gasteiger partial charge on any atom is 0.278 e. The van der Waals surface area contributed by atoms with Gasteiger partial charge in [-0.2, -0.15) is 5.10 Å². The van der Waals surface area contributed by atoms with E-state index >= 15 is 0 Å². The lowest BCUT2D eigenvalue weighted by atomic mass is 9.99. The molecule has 1 heterocycles. The molecule has 0 fully saturated rings. The Morgan fingerprint density at radius 2 is 1.78 bits per heavy atom. The lowest BCUT2D eigenvalue weighted by Gasteiger charge is -2.16. The van der Waals surface area contributed by atoms with Gasteiger partial charge in [-0.1, -0.05) is 50.2 Å². The van der Waals surface area contributed by atoms with E-state index in [2.05, 4.69) is 5.10 Å². The Balaban J connectivity index is 2.18. The molecular formula is C22H23FN2O2. The summed E-state index contributed by atoms with van der Waals surface area (Å²) in [5.41, 5.74) is 2.77. The van der Waals surface area contributed by atoms with Crippen LogP contribution in [0, 0.1) is 18.7 Å². The van der Waals surface area contributed by atoms with Crippen LogP contribution in [-0.4, -0.2) is 14.9 Å². The molecule has 0 aliphatic carbocycles. The van der Waals surface area contributed by atoms with Gasteiger partial charge in [0.15, 0.2) is 5.75 Å². The van der Waals surface area contributed by atoms with Crippen molar-refractivity contribution in [2.24, 2.45) is 5.92 Å². The first-order valence-electron chi connectivity index (χ1n) is 9.00. The smallest absolute Gasteiger partial charge is 0.278 e. The van der Waals surface area contributed by atoms with Crippen molar-refractivity contribution in [1.82, 2.24) is 9.78 Å². The van der Waals surface area contributed by atoms with Crippen LogP contribution in [0.3, 0.4) is 0 Å². The van der Waals surface area contributed by atoms with Crippen molar-refractivity contribution < 1.29 is 9.50 Å². The molecule has 0 aliphatic rings. The van der Waals surface area contributed by atoms with Gasteiger partial charge >= 0.3 is 0 Å². The fourth-order valence-corrected chi connectivity index (χ4v) is 3.09. The second-order valence-corrected chi connectivity index (χ2v) is 7.17. The Kier molecular flexibility index (Phi) is 5.40. The zero-order valence-electron chi connectivity index (χ0n) is 15.7. The molecule has 0 saturated carbocycles. The van der Waals surface area contributed by atoms with Crippen LogP contribution >= 0.6 is 0 Å². The van der Waals surface area contributed by atoms with Crippen molar-refractivity contribution in [2.75, 3.05) is 0 Å². The van der Waals surface area contributed by atoms with Crippen molar-refractivity contribution in [2.45, 2.75) is 33.7 Å². The summed E-state index contributed by atoms with van der Waals surface area (Å²) < 4.78 is 14.6. The molecule has 0 radical (unpaired) electrons. The van der Waals surface area contributed by atoms with Crippen molar-refractivity contribution >= 4 is 0 Å². The van der Waals surface area contributed by atoms with Gasteiger partial charge in [-0.15, -0.1) is 0 Å². The van der Waals surface area contributed by atoms with E-state index in [0.29, 0.717) is 24.2 Å². The van der Waals surface area contributed by atoms with Crippen molar-refractivity contribution in [3.05, 3.63) is 81.5 Å². The van der Waals surface area contributed by atoms with E-state index in [-0.39, 0.29) is 28.6 Å². The van der Waals surface area contributed by atoms with E-state index in [1.54, 1.807) is 12.1 Å². The number of aromatic hydroxyl groups is 1. The lowest BCUT2D eigenvalue weighted by molar-refractivity contribution is 0.428. The normalized spacial score (nSPS) is 11.1. The quantitative estimate of drug-likeness (QED) is 0.732. The minimum atomic E-state index is -0.318. The standard InChI is InChI=1S/C22H23FN2O2/c1-14(2)13-25-22(27)20(18-7-5-4-6-15(18)3)21(26)19(24-25)12-16-8-10-17(23)11-9-16/h4-11,14,26H,12-13H2,1-3H3. The second-order valence-electron chi connectivity index (χ2n) is 7.17. The molecular weight excluding hydrogens is 343 g/mol. The molecule has 0 spiro atoms. The van der Waals surface area contributed by atoms with Gasteiger partial charge in [0.25, 0.3) is 5.56 Å². The van der Waals surface area contributed by atoms with Gasteiger partial charge in [-0.05, 0) is 41.7 Å². The number of aromatic nitrogens is 2. The van der Waals surface area contributed by atoms with Crippen LogP contribution in [0.25, 0.3) is 11.1 Å². The molecule has 0 unspecified atom stereocenters. The number of nitrogens with zero attached hydrogens (tertiary/aromatic N) is 2. The summed E-state index contributed by atoms with van der Waals surface area (Å²) in [6.07, 6.45) is 0.309. The monoisotopic (exact) mass is 366 g/mol. The number of benzene rings is 2. The van der Waals surface area contributed by atoms with E-state index in [1.165, 1.54) is 16.8 Å². The van der Waals surface area contributed by atoms with Crippen LogP contribution < -0.4 is 5.56 Å². The first kappa shape index (κ1) is 18.8. The third-order valence-corrected chi connectivity index (χ3v) is 4.44. The highest BCUT2D eigenvalue weighted by Gasteiger charge is 2.20.